The van der Waals surface area contributed by atoms with Gasteiger partial charge in [-0.2, -0.15) is 10.4 Å². The molecule has 0 atom stereocenters. The van der Waals surface area contributed by atoms with Gasteiger partial charge in [-0.15, -0.1) is 0 Å². The predicted molar refractivity (Wildman–Crippen MR) is 110 cm³/mol. The van der Waals surface area contributed by atoms with Crippen molar-refractivity contribution in [3.8, 4) is 17.2 Å². The van der Waals surface area contributed by atoms with Gasteiger partial charge in [0.05, 0.1) is 35.5 Å². The second-order valence-corrected chi connectivity index (χ2v) is 6.73. The molecule has 5 rings (SSSR count). The second kappa shape index (κ2) is 7.14. The van der Waals surface area contributed by atoms with Gasteiger partial charge in [-0.3, -0.25) is 4.79 Å². The topological polar surface area (TPSA) is 112 Å². The number of pyridine rings is 2. The Morgan fingerprint density at radius 1 is 1.17 bits per heavy atom. The van der Waals surface area contributed by atoms with Gasteiger partial charge in [-0.1, -0.05) is 12.1 Å². The minimum atomic E-state index is -0.222. The van der Waals surface area contributed by atoms with Crippen molar-refractivity contribution < 1.29 is 4.79 Å². The van der Waals surface area contributed by atoms with Gasteiger partial charge >= 0.3 is 0 Å². The Hall–Kier alpha value is -4.51. The molecule has 0 aliphatic rings. The lowest BCUT2D eigenvalue weighted by Crippen LogP contribution is -2.23. The fourth-order valence-corrected chi connectivity index (χ4v) is 3.31. The molecular weight excluding hydrogens is 378 g/mol. The number of fused-ring (bicyclic) bond motifs is 2. The van der Waals surface area contributed by atoms with E-state index < -0.39 is 0 Å². The molecule has 8 nitrogen and oxygen atoms in total. The average molecular weight is 393 g/mol. The van der Waals surface area contributed by atoms with E-state index in [0.29, 0.717) is 22.6 Å². The Balaban J connectivity index is 1.35. The van der Waals surface area contributed by atoms with Crippen molar-refractivity contribution in [1.29, 1.82) is 5.26 Å². The smallest absolute Gasteiger partial charge is 0.253 e. The van der Waals surface area contributed by atoms with E-state index >= 15 is 0 Å². The molecule has 0 bridgehead atoms. The number of imidazole rings is 1. The van der Waals surface area contributed by atoms with Gasteiger partial charge in [0.25, 0.3) is 5.91 Å². The van der Waals surface area contributed by atoms with Crippen LogP contribution in [0.2, 0.25) is 0 Å². The molecule has 2 N–H and O–H groups in total. The molecule has 0 spiro atoms. The number of hydrogen-bond acceptors (Lipinski definition) is 5. The van der Waals surface area contributed by atoms with E-state index in [9.17, 15) is 4.79 Å². The van der Waals surface area contributed by atoms with Crippen LogP contribution in [0.15, 0.2) is 67.1 Å². The normalized spacial score (nSPS) is 10.9. The lowest BCUT2D eigenvalue weighted by Gasteiger charge is -2.05. The third kappa shape index (κ3) is 3.14. The zero-order chi connectivity index (χ0) is 20.5. The molecule has 4 heterocycles. The Morgan fingerprint density at radius 3 is 2.83 bits per heavy atom. The largest absolute Gasteiger partial charge is 0.345 e. The summed E-state index contributed by atoms with van der Waals surface area (Å²) in [6.07, 6.45) is 5.13. The zero-order valence-electron chi connectivity index (χ0n) is 15.7. The van der Waals surface area contributed by atoms with E-state index in [0.717, 1.165) is 22.2 Å². The maximum atomic E-state index is 12.6. The highest BCUT2D eigenvalue weighted by Crippen LogP contribution is 2.25. The number of aromatic nitrogens is 5. The fourth-order valence-electron chi connectivity index (χ4n) is 3.31. The van der Waals surface area contributed by atoms with Crippen LogP contribution in [0.5, 0.6) is 0 Å². The van der Waals surface area contributed by atoms with Gasteiger partial charge < -0.3 is 10.3 Å². The third-order valence-corrected chi connectivity index (χ3v) is 4.82. The number of benzene rings is 1. The second-order valence-electron chi connectivity index (χ2n) is 6.73. The number of nitrogens with zero attached hydrogens (tertiary/aromatic N) is 5. The Labute approximate surface area is 170 Å². The summed E-state index contributed by atoms with van der Waals surface area (Å²) in [5.74, 6) is 0.418. The summed E-state index contributed by atoms with van der Waals surface area (Å²) in [5, 5.41) is 16.2. The number of aromatic amines is 1. The molecule has 1 aromatic carbocycles. The SMILES string of the molecule is N#Cc1ccc(-c2cnn3cc(C(=O)NCc4nc5cccnc5[nH]4)ccc23)cc1. The van der Waals surface area contributed by atoms with Crippen LogP contribution in [0.25, 0.3) is 27.8 Å². The van der Waals surface area contributed by atoms with Gasteiger partial charge in [-0.25, -0.2) is 14.5 Å². The minimum Gasteiger partial charge on any atom is -0.345 e. The van der Waals surface area contributed by atoms with Gasteiger partial charge in [0, 0.05) is 18.0 Å². The highest BCUT2D eigenvalue weighted by molar-refractivity contribution is 5.94. The van der Waals surface area contributed by atoms with E-state index in [1.54, 1.807) is 41.3 Å². The summed E-state index contributed by atoms with van der Waals surface area (Å²) in [6.45, 7) is 0.267. The van der Waals surface area contributed by atoms with Gasteiger partial charge in [0.1, 0.15) is 11.3 Å². The summed E-state index contributed by atoms with van der Waals surface area (Å²) in [5.41, 5.74) is 5.31. The van der Waals surface area contributed by atoms with Crippen molar-refractivity contribution in [2.24, 2.45) is 0 Å². The number of carbonyl (C=O) groups is 1. The maximum absolute atomic E-state index is 12.6. The summed E-state index contributed by atoms with van der Waals surface area (Å²) in [4.78, 5) is 24.3. The molecular formula is C22H15N7O. The van der Waals surface area contributed by atoms with Crippen LogP contribution in [0, 0.1) is 11.3 Å². The molecule has 0 aliphatic heterocycles. The first kappa shape index (κ1) is 17.6. The number of carbonyl (C=O) groups excluding carboxylic acids is 1. The van der Waals surface area contributed by atoms with Gasteiger partial charge in [0.15, 0.2) is 5.65 Å². The monoisotopic (exact) mass is 393 g/mol. The van der Waals surface area contributed by atoms with Gasteiger partial charge in [0.2, 0.25) is 0 Å². The average Bonchev–Trinajstić information content (AvgIpc) is 3.40. The van der Waals surface area contributed by atoms with E-state index in [1.807, 2.05) is 30.3 Å². The maximum Gasteiger partial charge on any atom is 0.253 e. The summed E-state index contributed by atoms with van der Waals surface area (Å²) >= 11 is 0. The summed E-state index contributed by atoms with van der Waals surface area (Å²) in [7, 11) is 0. The van der Waals surface area contributed by atoms with Crippen LogP contribution in [0.3, 0.4) is 0 Å². The third-order valence-electron chi connectivity index (χ3n) is 4.82. The number of H-pyrrole nitrogens is 1. The van der Waals surface area contributed by atoms with Crippen LogP contribution in [0.4, 0.5) is 0 Å². The highest BCUT2D eigenvalue weighted by atomic mass is 16.1. The van der Waals surface area contributed by atoms with Crippen molar-refractivity contribution in [3.05, 3.63) is 84.1 Å². The van der Waals surface area contributed by atoms with Gasteiger partial charge in [-0.05, 0) is 42.0 Å². The Kier molecular flexibility index (Phi) is 4.19. The molecule has 0 radical (unpaired) electrons. The Bertz CT molecular complexity index is 1390. The first-order valence-corrected chi connectivity index (χ1v) is 9.27. The first-order valence-electron chi connectivity index (χ1n) is 9.27. The number of nitrogens with one attached hydrogen (secondary N) is 2. The highest BCUT2D eigenvalue weighted by Gasteiger charge is 2.12. The molecule has 0 saturated heterocycles. The first-order chi connectivity index (χ1) is 14.7. The summed E-state index contributed by atoms with van der Waals surface area (Å²) in [6, 6.07) is 16.7. The number of nitriles is 1. The van der Waals surface area contributed by atoms with Crippen LogP contribution in [0.1, 0.15) is 21.7 Å². The van der Waals surface area contributed by atoms with Crippen LogP contribution in [-0.4, -0.2) is 30.5 Å². The van der Waals surface area contributed by atoms with Crippen LogP contribution < -0.4 is 5.32 Å². The quantitative estimate of drug-likeness (QED) is 0.487. The van der Waals surface area contributed by atoms with Crippen molar-refractivity contribution in [3.63, 3.8) is 0 Å². The van der Waals surface area contributed by atoms with Crippen LogP contribution >= 0.6 is 0 Å². The van der Waals surface area contributed by atoms with Crippen molar-refractivity contribution >= 4 is 22.6 Å². The molecule has 8 heteroatoms. The van der Waals surface area contributed by atoms with E-state index in [2.05, 4.69) is 31.4 Å². The number of hydrogen-bond donors (Lipinski definition) is 2. The molecule has 0 saturated carbocycles. The van der Waals surface area contributed by atoms with E-state index in [1.165, 1.54) is 0 Å². The van der Waals surface area contributed by atoms with Crippen molar-refractivity contribution in [1.82, 2.24) is 29.9 Å². The molecule has 30 heavy (non-hydrogen) atoms. The lowest BCUT2D eigenvalue weighted by molar-refractivity contribution is 0.0949. The number of rotatable bonds is 4. The molecule has 1 amide bonds. The van der Waals surface area contributed by atoms with Crippen LogP contribution in [-0.2, 0) is 6.54 Å². The fraction of sp³-hybridized carbons (Fsp3) is 0.0455. The molecule has 144 valence electrons. The molecule has 5 aromatic rings. The van der Waals surface area contributed by atoms with Crippen molar-refractivity contribution in [2.45, 2.75) is 6.54 Å². The standard InChI is InChI=1S/C22H15N7O/c23-10-14-3-5-15(6-4-14)17-11-26-29-13-16(7-8-19(17)29)22(30)25-12-20-27-18-2-1-9-24-21(18)28-20/h1-9,11,13H,12H2,(H,25,30)(H,24,27,28). The van der Waals surface area contributed by atoms with E-state index in [-0.39, 0.29) is 12.5 Å². The van der Waals surface area contributed by atoms with Crippen molar-refractivity contribution in [2.75, 3.05) is 0 Å². The summed E-state index contributed by atoms with van der Waals surface area (Å²) < 4.78 is 1.67. The predicted octanol–water partition coefficient (Wildman–Crippen LogP) is 3.07. The zero-order valence-corrected chi connectivity index (χ0v) is 15.7. The molecule has 0 fully saturated rings. The Morgan fingerprint density at radius 2 is 2.03 bits per heavy atom. The number of amides is 1. The lowest BCUT2D eigenvalue weighted by atomic mass is 10.1. The molecule has 0 unspecified atom stereocenters. The minimum absolute atomic E-state index is 0.222. The van der Waals surface area contributed by atoms with E-state index in [4.69, 9.17) is 5.26 Å². The molecule has 4 aromatic heterocycles. The molecule has 0 aliphatic carbocycles.